The zero-order valence-corrected chi connectivity index (χ0v) is 10.5. The second-order valence-corrected chi connectivity index (χ2v) is 4.86. The van der Waals surface area contributed by atoms with Crippen LogP contribution in [-0.2, 0) is 12.6 Å². The van der Waals surface area contributed by atoms with E-state index in [0.29, 0.717) is 12.8 Å². The molecule has 1 fully saturated rings. The van der Waals surface area contributed by atoms with Gasteiger partial charge in [0, 0.05) is 0 Å². The SMILES string of the molecule is Nc1c(C(F)(F)F)nc(C(F)F)c(C(=O)O)c1CC1CC1. The summed E-state index contributed by atoms with van der Waals surface area (Å²) in [6, 6.07) is 0. The van der Waals surface area contributed by atoms with Gasteiger partial charge in [0.25, 0.3) is 6.43 Å². The minimum absolute atomic E-state index is 0.0283. The number of nitrogens with two attached hydrogens (primary N) is 1. The lowest BCUT2D eigenvalue weighted by molar-refractivity contribution is -0.140. The number of aromatic carboxylic acids is 1. The van der Waals surface area contributed by atoms with E-state index >= 15 is 0 Å². The number of aromatic nitrogens is 1. The molecule has 1 aliphatic carbocycles. The Balaban J connectivity index is 2.72. The molecule has 3 N–H and O–H groups in total. The van der Waals surface area contributed by atoms with E-state index in [-0.39, 0.29) is 12.3 Å². The number of hydrogen-bond donors (Lipinski definition) is 2. The maximum Gasteiger partial charge on any atom is 0.435 e. The fourth-order valence-electron chi connectivity index (χ4n) is 2.10. The molecule has 21 heavy (non-hydrogen) atoms. The Bertz CT molecular complexity index is 582. The molecule has 0 radical (unpaired) electrons. The van der Waals surface area contributed by atoms with Crippen LogP contribution in [0.15, 0.2) is 0 Å². The van der Waals surface area contributed by atoms with Crippen LogP contribution in [-0.4, -0.2) is 16.1 Å². The van der Waals surface area contributed by atoms with Crippen LogP contribution in [0.1, 0.15) is 46.6 Å². The van der Waals surface area contributed by atoms with E-state index in [2.05, 4.69) is 4.98 Å². The molecule has 0 aliphatic heterocycles. The second kappa shape index (κ2) is 5.12. The highest BCUT2D eigenvalue weighted by Crippen LogP contribution is 2.41. The standard InChI is InChI=1S/C12H11F5N2O2/c13-10(14)8-6(11(20)21)5(3-4-1-2-4)7(18)9(19-8)12(15,16)17/h4,10H,1-3,18H2,(H,20,21). The summed E-state index contributed by atoms with van der Waals surface area (Å²) in [6.45, 7) is 0. The fraction of sp³-hybridized carbons (Fsp3) is 0.500. The molecule has 0 atom stereocenters. The Kier molecular flexibility index (Phi) is 3.77. The van der Waals surface area contributed by atoms with Gasteiger partial charge in [-0.3, -0.25) is 0 Å². The van der Waals surface area contributed by atoms with Gasteiger partial charge >= 0.3 is 12.1 Å². The average molecular weight is 310 g/mol. The molecule has 1 aromatic rings. The summed E-state index contributed by atoms with van der Waals surface area (Å²) in [5.41, 5.74) is 0.126. The molecule has 0 saturated heterocycles. The van der Waals surface area contributed by atoms with Crippen molar-refractivity contribution in [2.24, 2.45) is 5.92 Å². The van der Waals surface area contributed by atoms with E-state index in [4.69, 9.17) is 10.8 Å². The highest BCUT2D eigenvalue weighted by atomic mass is 19.4. The first-order valence-electron chi connectivity index (χ1n) is 6.03. The Morgan fingerprint density at radius 2 is 1.95 bits per heavy atom. The van der Waals surface area contributed by atoms with E-state index in [0.717, 1.165) is 0 Å². The number of carboxylic acid groups (broad SMARTS) is 1. The smallest absolute Gasteiger partial charge is 0.435 e. The topological polar surface area (TPSA) is 76.2 Å². The molecular formula is C12H11F5N2O2. The monoisotopic (exact) mass is 310 g/mol. The van der Waals surface area contributed by atoms with E-state index in [1.165, 1.54) is 0 Å². The summed E-state index contributed by atoms with van der Waals surface area (Å²) >= 11 is 0. The predicted molar refractivity (Wildman–Crippen MR) is 62.0 cm³/mol. The summed E-state index contributed by atoms with van der Waals surface area (Å²) < 4.78 is 64.2. The zero-order valence-electron chi connectivity index (χ0n) is 10.5. The van der Waals surface area contributed by atoms with Crippen LogP contribution in [0, 0.1) is 5.92 Å². The third kappa shape index (κ3) is 3.06. The molecule has 0 aromatic carbocycles. The third-order valence-electron chi connectivity index (χ3n) is 3.25. The number of hydrogen-bond acceptors (Lipinski definition) is 3. The zero-order chi connectivity index (χ0) is 15.9. The van der Waals surface area contributed by atoms with Gasteiger partial charge in [-0.2, -0.15) is 13.2 Å². The largest absolute Gasteiger partial charge is 0.478 e. The molecule has 4 nitrogen and oxygen atoms in total. The summed E-state index contributed by atoms with van der Waals surface area (Å²) in [4.78, 5) is 13.9. The lowest BCUT2D eigenvalue weighted by atomic mass is 9.97. The predicted octanol–water partition coefficient (Wildman–Crippen LogP) is 3.27. The number of nitrogen functional groups attached to an aromatic ring is 1. The maximum absolute atomic E-state index is 12.9. The van der Waals surface area contributed by atoms with Crippen molar-refractivity contribution in [3.05, 3.63) is 22.5 Å². The van der Waals surface area contributed by atoms with Gasteiger partial charge in [0.2, 0.25) is 0 Å². The first-order valence-corrected chi connectivity index (χ1v) is 6.03. The third-order valence-corrected chi connectivity index (χ3v) is 3.25. The number of rotatable bonds is 4. The molecule has 116 valence electrons. The number of alkyl halides is 5. The molecule has 9 heteroatoms. The molecule has 0 amide bonds. The van der Waals surface area contributed by atoms with Crippen molar-refractivity contribution in [2.45, 2.75) is 31.9 Å². The van der Waals surface area contributed by atoms with Crippen molar-refractivity contribution in [3.63, 3.8) is 0 Å². The molecule has 1 aromatic heterocycles. The van der Waals surface area contributed by atoms with E-state index in [1.807, 2.05) is 0 Å². The lowest BCUT2D eigenvalue weighted by Gasteiger charge is -2.18. The Hall–Kier alpha value is -1.93. The van der Waals surface area contributed by atoms with Crippen molar-refractivity contribution >= 4 is 11.7 Å². The summed E-state index contributed by atoms with van der Waals surface area (Å²) in [5.74, 6) is -1.78. The van der Waals surface area contributed by atoms with Crippen LogP contribution in [0.4, 0.5) is 27.6 Å². The van der Waals surface area contributed by atoms with Crippen LogP contribution in [0.5, 0.6) is 0 Å². The van der Waals surface area contributed by atoms with Gasteiger partial charge in [-0.05, 0) is 30.7 Å². The van der Waals surface area contributed by atoms with Crippen LogP contribution < -0.4 is 5.73 Å². The number of pyridine rings is 1. The van der Waals surface area contributed by atoms with Crippen molar-refractivity contribution in [1.29, 1.82) is 0 Å². The highest BCUT2D eigenvalue weighted by Gasteiger charge is 2.40. The van der Waals surface area contributed by atoms with Crippen LogP contribution in [0.3, 0.4) is 0 Å². The van der Waals surface area contributed by atoms with Crippen LogP contribution >= 0.6 is 0 Å². The first-order chi connectivity index (χ1) is 9.62. The van der Waals surface area contributed by atoms with Gasteiger partial charge in [-0.25, -0.2) is 18.6 Å². The molecular weight excluding hydrogens is 299 g/mol. The molecule has 2 rings (SSSR count). The van der Waals surface area contributed by atoms with Crippen molar-refractivity contribution in [2.75, 3.05) is 5.73 Å². The van der Waals surface area contributed by atoms with Crippen molar-refractivity contribution in [1.82, 2.24) is 4.98 Å². The highest BCUT2D eigenvalue weighted by molar-refractivity contribution is 5.93. The van der Waals surface area contributed by atoms with Crippen molar-refractivity contribution < 1.29 is 31.9 Å². The van der Waals surface area contributed by atoms with Gasteiger partial charge in [-0.15, -0.1) is 0 Å². The lowest BCUT2D eigenvalue weighted by Crippen LogP contribution is -2.20. The number of halogens is 5. The first kappa shape index (κ1) is 15.5. The Morgan fingerprint density at radius 3 is 2.33 bits per heavy atom. The quantitative estimate of drug-likeness (QED) is 0.837. The van der Waals surface area contributed by atoms with Gasteiger partial charge in [0.05, 0.1) is 11.3 Å². The average Bonchev–Trinajstić information content (AvgIpc) is 3.12. The van der Waals surface area contributed by atoms with Crippen LogP contribution in [0.2, 0.25) is 0 Å². The summed E-state index contributed by atoms with van der Waals surface area (Å²) in [6.07, 6.45) is -7.13. The van der Waals surface area contributed by atoms with E-state index in [9.17, 15) is 26.7 Å². The van der Waals surface area contributed by atoms with E-state index in [1.54, 1.807) is 0 Å². The molecule has 0 unspecified atom stereocenters. The Morgan fingerprint density at radius 1 is 1.38 bits per heavy atom. The molecule has 0 spiro atoms. The summed E-state index contributed by atoms with van der Waals surface area (Å²) in [7, 11) is 0. The van der Waals surface area contributed by atoms with Gasteiger partial charge in [-0.1, -0.05) is 0 Å². The minimum Gasteiger partial charge on any atom is -0.478 e. The van der Waals surface area contributed by atoms with Crippen LogP contribution in [0.25, 0.3) is 0 Å². The molecule has 0 bridgehead atoms. The Labute approximate surface area is 115 Å². The number of anilines is 1. The normalized spacial score (nSPS) is 15.5. The number of nitrogens with zero attached hydrogens (tertiary/aromatic N) is 1. The summed E-state index contributed by atoms with van der Waals surface area (Å²) in [5, 5.41) is 9.04. The number of carbonyl (C=O) groups is 1. The van der Waals surface area contributed by atoms with E-state index < -0.39 is 46.8 Å². The molecule has 1 saturated carbocycles. The van der Waals surface area contributed by atoms with Gasteiger partial charge in [0.15, 0.2) is 5.69 Å². The number of carboxylic acids is 1. The second-order valence-electron chi connectivity index (χ2n) is 4.86. The minimum atomic E-state index is -5.02. The van der Waals surface area contributed by atoms with Crippen molar-refractivity contribution in [3.8, 4) is 0 Å². The van der Waals surface area contributed by atoms with Gasteiger partial charge in [0.1, 0.15) is 5.69 Å². The maximum atomic E-state index is 12.9. The molecule has 1 aliphatic rings. The van der Waals surface area contributed by atoms with Gasteiger partial charge < -0.3 is 10.8 Å². The fourth-order valence-corrected chi connectivity index (χ4v) is 2.10. The molecule has 1 heterocycles.